The van der Waals surface area contributed by atoms with Crippen LogP contribution < -0.4 is 0 Å². The second-order valence-electron chi connectivity index (χ2n) is 7.42. The van der Waals surface area contributed by atoms with Gasteiger partial charge in [0, 0.05) is 50.5 Å². The SMILES string of the molecule is CCn1cc(C(=O)N2CCC3(CC2)OCCC[C@@H]3OC)c2ccccc21. The van der Waals surface area contributed by atoms with Crippen molar-refractivity contribution < 1.29 is 14.3 Å². The molecule has 4 rings (SSSR count). The molecule has 0 saturated carbocycles. The highest BCUT2D eigenvalue weighted by Crippen LogP contribution is 2.37. The van der Waals surface area contributed by atoms with E-state index in [4.69, 9.17) is 9.47 Å². The van der Waals surface area contributed by atoms with Crippen molar-refractivity contribution in [3.63, 3.8) is 0 Å². The summed E-state index contributed by atoms with van der Waals surface area (Å²) in [7, 11) is 1.78. The first-order valence-corrected chi connectivity index (χ1v) is 9.72. The summed E-state index contributed by atoms with van der Waals surface area (Å²) >= 11 is 0. The van der Waals surface area contributed by atoms with E-state index in [0.717, 1.165) is 68.4 Å². The summed E-state index contributed by atoms with van der Waals surface area (Å²) in [6, 6.07) is 8.16. The molecule has 1 aromatic carbocycles. The van der Waals surface area contributed by atoms with E-state index in [1.165, 1.54) is 0 Å². The van der Waals surface area contributed by atoms with Crippen LogP contribution in [0.15, 0.2) is 30.5 Å². The molecule has 0 unspecified atom stereocenters. The van der Waals surface area contributed by atoms with Crippen LogP contribution in [0.4, 0.5) is 0 Å². The molecule has 3 heterocycles. The van der Waals surface area contributed by atoms with Crippen LogP contribution in [0.1, 0.15) is 43.0 Å². The van der Waals surface area contributed by atoms with Crippen LogP contribution in [0.3, 0.4) is 0 Å². The molecule has 0 radical (unpaired) electrons. The summed E-state index contributed by atoms with van der Waals surface area (Å²) in [4.78, 5) is 15.2. The number of aromatic nitrogens is 1. The van der Waals surface area contributed by atoms with Crippen LogP contribution in [0.5, 0.6) is 0 Å². The van der Waals surface area contributed by atoms with Crippen LogP contribution in [0.25, 0.3) is 10.9 Å². The molecule has 1 aromatic heterocycles. The van der Waals surface area contributed by atoms with Gasteiger partial charge in [0.1, 0.15) is 0 Å². The number of ether oxygens (including phenoxy) is 2. The molecule has 1 spiro atoms. The minimum Gasteiger partial charge on any atom is -0.378 e. The number of amides is 1. The minimum atomic E-state index is -0.207. The third kappa shape index (κ3) is 2.83. The minimum absolute atomic E-state index is 0.132. The van der Waals surface area contributed by atoms with Crippen molar-refractivity contribution in [3.8, 4) is 0 Å². The highest BCUT2D eigenvalue weighted by molar-refractivity contribution is 6.07. The first-order chi connectivity index (χ1) is 12.7. The van der Waals surface area contributed by atoms with Crippen LogP contribution in [0.2, 0.25) is 0 Å². The molecule has 2 aromatic rings. The Bertz CT molecular complexity index is 790. The first-order valence-electron chi connectivity index (χ1n) is 9.72. The topological polar surface area (TPSA) is 43.7 Å². The lowest BCUT2D eigenvalue weighted by Gasteiger charge is -2.48. The van der Waals surface area contributed by atoms with Crippen LogP contribution in [0, 0.1) is 0 Å². The number of aryl methyl sites for hydroxylation is 1. The van der Waals surface area contributed by atoms with Gasteiger partial charge < -0.3 is 18.9 Å². The monoisotopic (exact) mass is 356 g/mol. The van der Waals surface area contributed by atoms with Gasteiger partial charge in [0.05, 0.1) is 17.3 Å². The number of methoxy groups -OCH3 is 1. The third-order valence-corrected chi connectivity index (χ3v) is 6.13. The van der Waals surface area contributed by atoms with Gasteiger partial charge in [-0.3, -0.25) is 4.79 Å². The van der Waals surface area contributed by atoms with Gasteiger partial charge >= 0.3 is 0 Å². The second-order valence-corrected chi connectivity index (χ2v) is 7.42. The van der Waals surface area contributed by atoms with Gasteiger partial charge in [-0.25, -0.2) is 0 Å². The summed E-state index contributed by atoms with van der Waals surface area (Å²) in [5.41, 5.74) is 1.73. The van der Waals surface area contributed by atoms with Gasteiger partial charge in [-0.15, -0.1) is 0 Å². The lowest BCUT2D eigenvalue weighted by molar-refractivity contribution is -0.183. The summed E-state index contributed by atoms with van der Waals surface area (Å²) in [6.45, 7) is 5.23. The van der Waals surface area contributed by atoms with Crippen molar-refractivity contribution in [1.82, 2.24) is 9.47 Å². The highest BCUT2D eigenvalue weighted by Gasteiger charge is 2.45. The fraction of sp³-hybridized carbons (Fsp3) is 0.571. The van der Waals surface area contributed by atoms with E-state index in [0.29, 0.717) is 0 Å². The average molecular weight is 356 g/mol. The Hall–Kier alpha value is -1.85. The van der Waals surface area contributed by atoms with E-state index in [-0.39, 0.29) is 17.6 Å². The fourth-order valence-electron chi connectivity index (χ4n) is 4.64. The number of rotatable bonds is 3. The zero-order valence-electron chi connectivity index (χ0n) is 15.7. The van der Waals surface area contributed by atoms with Crippen molar-refractivity contribution in [1.29, 1.82) is 0 Å². The molecule has 5 nitrogen and oxygen atoms in total. The van der Waals surface area contributed by atoms with E-state index in [1.54, 1.807) is 7.11 Å². The van der Waals surface area contributed by atoms with Gasteiger partial charge in [-0.1, -0.05) is 18.2 Å². The largest absolute Gasteiger partial charge is 0.378 e. The number of para-hydroxylation sites is 1. The fourth-order valence-corrected chi connectivity index (χ4v) is 4.64. The van der Waals surface area contributed by atoms with E-state index < -0.39 is 0 Å². The molecule has 2 aliphatic rings. The Morgan fingerprint density at radius 3 is 2.81 bits per heavy atom. The smallest absolute Gasteiger partial charge is 0.256 e. The highest BCUT2D eigenvalue weighted by atomic mass is 16.5. The molecular formula is C21H28N2O3. The number of hydrogen-bond donors (Lipinski definition) is 0. The van der Waals surface area contributed by atoms with E-state index in [2.05, 4.69) is 17.6 Å². The summed E-state index contributed by atoms with van der Waals surface area (Å²) < 4.78 is 14.0. The lowest BCUT2D eigenvalue weighted by Crippen LogP contribution is -2.56. The predicted molar refractivity (Wildman–Crippen MR) is 101 cm³/mol. The maximum atomic E-state index is 13.2. The maximum absolute atomic E-state index is 13.2. The van der Waals surface area contributed by atoms with Crippen molar-refractivity contribution in [2.24, 2.45) is 0 Å². The number of carbonyl (C=O) groups is 1. The molecule has 2 saturated heterocycles. The quantitative estimate of drug-likeness (QED) is 0.846. The Labute approximate surface area is 154 Å². The molecule has 5 heteroatoms. The summed E-state index contributed by atoms with van der Waals surface area (Å²) in [5, 5.41) is 1.04. The first kappa shape index (κ1) is 17.6. The molecule has 2 fully saturated rings. The zero-order chi connectivity index (χ0) is 18.1. The van der Waals surface area contributed by atoms with Gasteiger partial charge in [0.15, 0.2) is 0 Å². The second kappa shape index (κ2) is 7.05. The van der Waals surface area contributed by atoms with Gasteiger partial charge in [0.2, 0.25) is 0 Å². The molecule has 0 aliphatic carbocycles. The summed E-state index contributed by atoms with van der Waals surface area (Å²) in [5.74, 6) is 0.132. The van der Waals surface area contributed by atoms with Crippen molar-refractivity contribution >= 4 is 16.8 Å². The van der Waals surface area contributed by atoms with Gasteiger partial charge in [-0.2, -0.15) is 0 Å². The van der Waals surface area contributed by atoms with Crippen LogP contribution in [-0.2, 0) is 16.0 Å². The Balaban J connectivity index is 1.54. The molecule has 26 heavy (non-hydrogen) atoms. The Morgan fingerprint density at radius 1 is 1.31 bits per heavy atom. The molecule has 0 N–H and O–H groups in total. The molecule has 1 atom stereocenters. The molecule has 1 amide bonds. The molecule has 0 bridgehead atoms. The normalized spacial score (nSPS) is 22.8. The van der Waals surface area contributed by atoms with Crippen LogP contribution >= 0.6 is 0 Å². The predicted octanol–water partition coefficient (Wildman–Crippen LogP) is 3.46. The van der Waals surface area contributed by atoms with E-state index in [1.807, 2.05) is 29.3 Å². The summed E-state index contributed by atoms with van der Waals surface area (Å²) in [6.07, 6.45) is 5.96. The number of carbonyl (C=O) groups excluding carboxylic acids is 1. The van der Waals surface area contributed by atoms with Gasteiger partial charge in [-0.05, 0) is 38.7 Å². The number of benzene rings is 1. The third-order valence-electron chi connectivity index (χ3n) is 6.13. The van der Waals surface area contributed by atoms with Crippen molar-refractivity contribution in [2.45, 2.75) is 50.9 Å². The van der Waals surface area contributed by atoms with Crippen molar-refractivity contribution in [3.05, 3.63) is 36.0 Å². The lowest BCUT2D eigenvalue weighted by atomic mass is 9.81. The van der Waals surface area contributed by atoms with E-state index >= 15 is 0 Å². The Morgan fingerprint density at radius 2 is 2.08 bits per heavy atom. The molecular weight excluding hydrogens is 328 g/mol. The molecule has 140 valence electrons. The number of fused-ring (bicyclic) bond motifs is 1. The van der Waals surface area contributed by atoms with Gasteiger partial charge in [0.25, 0.3) is 5.91 Å². The number of likely N-dealkylation sites (tertiary alicyclic amines) is 1. The Kier molecular flexibility index (Phi) is 4.76. The zero-order valence-corrected chi connectivity index (χ0v) is 15.7. The standard InChI is InChI=1S/C21H28N2O3/c1-3-22-15-17(16-7-4-5-8-18(16)22)20(24)23-12-10-21(11-13-23)19(25-2)9-6-14-26-21/h4-5,7-8,15,19H,3,6,9-14H2,1-2H3/t19-/m0/s1. The average Bonchev–Trinajstić information content (AvgIpc) is 3.07. The molecule has 2 aliphatic heterocycles. The number of nitrogens with zero attached hydrogens (tertiary/aromatic N) is 2. The maximum Gasteiger partial charge on any atom is 0.256 e. The van der Waals surface area contributed by atoms with Crippen molar-refractivity contribution in [2.75, 3.05) is 26.8 Å². The van der Waals surface area contributed by atoms with Crippen LogP contribution in [-0.4, -0.2) is 53.9 Å². The number of hydrogen-bond acceptors (Lipinski definition) is 3. The number of piperidine rings is 1. The van der Waals surface area contributed by atoms with E-state index in [9.17, 15) is 4.79 Å².